The summed E-state index contributed by atoms with van der Waals surface area (Å²) in [5.74, 6) is -0.840. The largest absolute Gasteiger partial charge is 0.463 e. The minimum atomic E-state index is -0.736. The Morgan fingerprint density at radius 2 is 2.15 bits per heavy atom. The van der Waals surface area contributed by atoms with Gasteiger partial charge in [-0.3, -0.25) is 14.7 Å². The molecule has 0 amide bonds. The van der Waals surface area contributed by atoms with Crippen LogP contribution in [-0.2, 0) is 23.8 Å². The molecule has 39 heavy (non-hydrogen) atoms. The lowest BCUT2D eigenvalue weighted by molar-refractivity contribution is -0.149. The number of hydrogen-bond acceptors (Lipinski definition) is 11. The summed E-state index contributed by atoms with van der Waals surface area (Å²) in [6, 6.07) is 2.76. The van der Waals surface area contributed by atoms with Crippen LogP contribution in [0.4, 0.5) is 4.39 Å². The van der Waals surface area contributed by atoms with E-state index in [9.17, 15) is 14.0 Å². The fourth-order valence-electron chi connectivity index (χ4n) is 4.50. The molecule has 10 nitrogen and oxygen atoms in total. The normalized spacial score (nSPS) is 20.7. The Hall–Kier alpha value is -3.19. The number of rotatable bonds is 10. The molecular weight excluding hydrogens is 525 g/mol. The molecule has 12 heteroatoms. The van der Waals surface area contributed by atoms with Crippen LogP contribution < -0.4 is 11.1 Å². The highest BCUT2D eigenvalue weighted by molar-refractivity contribution is 7.11. The van der Waals surface area contributed by atoms with Crippen molar-refractivity contribution in [3.05, 3.63) is 63.0 Å². The molecule has 1 aromatic carbocycles. The Kier molecular flexibility index (Phi) is 9.78. The minimum Gasteiger partial charge on any atom is -0.463 e. The van der Waals surface area contributed by atoms with Gasteiger partial charge in [-0.1, -0.05) is 13.0 Å². The van der Waals surface area contributed by atoms with Crippen molar-refractivity contribution in [3.8, 4) is 0 Å². The van der Waals surface area contributed by atoms with Crippen molar-refractivity contribution in [2.45, 2.75) is 45.3 Å². The molecule has 3 N–H and O–H groups in total. The van der Waals surface area contributed by atoms with Gasteiger partial charge in [0.05, 0.1) is 31.4 Å². The molecule has 0 saturated carbocycles. The number of ether oxygens (including phenoxy) is 3. The predicted octanol–water partition coefficient (Wildman–Crippen LogP) is 2.48. The summed E-state index contributed by atoms with van der Waals surface area (Å²) in [4.78, 5) is 37.0. The fourth-order valence-corrected chi connectivity index (χ4v) is 5.08. The quantitative estimate of drug-likeness (QED) is 0.422. The highest BCUT2D eigenvalue weighted by atomic mass is 32.1. The first-order chi connectivity index (χ1) is 18.8. The Labute approximate surface area is 231 Å². The third-order valence-corrected chi connectivity index (χ3v) is 7.43. The van der Waals surface area contributed by atoms with Gasteiger partial charge in [0.15, 0.2) is 10.8 Å². The van der Waals surface area contributed by atoms with Gasteiger partial charge < -0.3 is 25.3 Å². The van der Waals surface area contributed by atoms with Crippen LogP contribution in [0.2, 0.25) is 0 Å². The zero-order chi connectivity index (χ0) is 27.9. The van der Waals surface area contributed by atoms with Crippen molar-refractivity contribution in [1.29, 1.82) is 0 Å². The molecule has 0 radical (unpaired) electrons. The molecule has 3 heterocycles. The summed E-state index contributed by atoms with van der Waals surface area (Å²) in [5, 5.41) is 5.82. The molecule has 3 unspecified atom stereocenters. The number of carbonyl (C=O) groups excluding carboxylic acids is 2. The number of hydrogen-bond donors (Lipinski definition) is 2. The number of carbonyl (C=O) groups is 2. The molecule has 0 aliphatic carbocycles. The van der Waals surface area contributed by atoms with E-state index in [1.165, 1.54) is 23.5 Å². The number of nitrogens with one attached hydrogen (secondary N) is 1. The summed E-state index contributed by atoms with van der Waals surface area (Å²) in [7, 11) is 0. The standard InChI is InChI=1S/C27H34FN5O5S/c1-4-20(29)26(34)38-15-18-14-36-10-9-33(18)13-21-22(27(35)37-5-2)23(19-7-6-17(28)12-16(19)3)32-24(31-21)25-30-8-11-39-25/h6-8,11-12,18,20,23H,4-5,9-10,13-15,29H2,1-3H3,(H,31,32). The number of aliphatic imine (C=N–C) groups is 1. The predicted molar refractivity (Wildman–Crippen MR) is 145 cm³/mol. The average molecular weight is 560 g/mol. The molecule has 0 spiro atoms. The van der Waals surface area contributed by atoms with Crippen LogP contribution in [0, 0.1) is 12.7 Å². The molecule has 1 aromatic heterocycles. The van der Waals surface area contributed by atoms with Crippen molar-refractivity contribution in [1.82, 2.24) is 15.2 Å². The summed E-state index contributed by atoms with van der Waals surface area (Å²) < 4.78 is 30.6. The smallest absolute Gasteiger partial charge is 0.338 e. The molecule has 2 aliphatic rings. The zero-order valence-electron chi connectivity index (χ0n) is 22.3. The first-order valence-electron chi connectivity index (χ1n) is 13.0. The van der Waals surface area contributed by atoms with Gasteiger partial charge in [-0.2, -0.15) is 0 Å². The van der Waals surface area contributed by atoms with E-state index in [1.54, 1.807) is 26.1 Å². The topological polar surface area (TPSA) is 128 Å². The van der Waals surface area contributed by atoms with E-state index in [2.05, 4.69) is 15.2 Å². The SMILES string of the molecule is CCOC(=O)C1=C(CN2CCOCC2COC(=O)C(N)CC)NC(c2nccs2)=NC1c1ccc(F)cc1C. The molecule has 3 atom stereocenters. The van der Waals surface area contributed by atoms with Gasteiger partial charge in [0.2, 0.25) is 0 Å². The first-order valence-corrected chi connectivity index (χ1v) is 13.8. The van der Waals surface area contributed by atoms with Crippen molar-refractivity contribution in [2.24, 2.45) is 10.7 Å². The van der Waals surface area contributed by atoms with Gasteiger partial charge in [0.25, 0.3) is 0 Å². The number of amidine groups is 1. The first kappa shape index (κ1) is 28.8. The van der Waals surface area contributed by atoms with Gasteiger partial charge in [0, 0.05) is 30.4 Å². The molecule has 0 bridgehead atoms. The van der Waals surface area contributed by atoms with Crippen LogP contribution in [0.15, 0.2) is 46.0 Å². The number of halogens is 1. The maximum Gasteiger partial charge on any atom is 0.338 e. The maximum absolute atomic E-state index is 14.0. The maximum atomic E-state index is 14.0. The van der Waals surface area contributed by atoms with E-state index in [4.69, 9.17) is 24.9 Å². The minimum absolute atomic E-state index is 0.0997. The Morgan fingerprint density at radius 3 is 2.85 bits per heavy atom. The van der Waals surface area contributed by atoms with E-state index in [1.807, 2.05) is 12.3 Å². The number of nitrogens with zero attached hydrogens (tertiary/aromatic N) is 3. The lowest BCUT2D eigenvalue weighted by Crippen LogP contribution is -2.51. The zero-order valence-corrected chi connectivity index (χ0v) is 23.1. The van der Waals surface area contributed by atoms with E-state index in [-0.39, 0.29) is 25.1 Å². The summed E-state index contributed by atoms with van der Waals surface area (Å²) >= 11 is 1.41. The Morgan fingerprint density at radius 1 is 1.33 bits per heavy atom. The number of morpholine rings is 1. The van der Waals surface area contributed by atoms with Gasteiger partial charge in [0.1, 0.15) is 24.5 Å². The highest BCUT2D eigenvalue weighted by Crippen LogP contribution is 2.35. The Balaban J connectivity index is 1.72. The van der Waals surface area contributed by atoms with Crippen molar-refractivity contribution in [3.63, 3.8) is 0 Å². The second kappa shape index (κ2) is 13.2. The van der Waals surface area contributed by atoms with E-state index in [0.29, 0.717) is 66.0 Å². The van der Waals surface area contributed by atoms with Crippen LogP contribution in [0.5, 0.6) is 0 Å². The van der Waals surface area contributed by atoms with Gasteiger partial charge >= 0.3 is 11.9 Å². The lowest BCUT2D eigenvalue weighted by Gasteiger charge is -2.37. The van der Waals surface area contributed by atoms with Gasteiger partial charge in [-0.25, -0.2) is 14.2 Å². The van der Waals surface area contributed by atoms with E-state index < -0.39 is 24.0 Å². The highest BCUT2D eigenvalue weighted by Gasteiger charge is 2.36. The molecule has 1 saturated heterocycles. The monoisotopic (exact) mass is 559 g/mol. The number of aromatic nitrogens is 1. The molecular formula is C27H34FN5O5S. The molecule has 2 aromatic rings. The third kappa shape index (κ3) is 6.88. The third-order valence-electron chi connectivity index (χ3n) is 6.65. The number of aryl methyl sites for hydroxylation is 1. The van der Waals surface area contributed by atoms with Crippen molar-refractivity contribution >= 4 is 29.1 Å². The molecule has 1 fully saturated rings. The van der Waals surface area contributed by atoms with Crippen LogP contribution in [0.3, 0.4) is 0 Å². The van der Waals surface area contributed by atoms with Crippen LogP contribution in [-0.4, -0.2) is 79.3 Å². The van der Waals surface area contributed by atoms with Crippen LogP contribution >= 0.6 is 11.3 Å². The average Bonchev–Trinajstić information content (AvgIpc) is 3.47. The summed E-state index contributed by atoms with van der Waals surface area (Å²) in [6.07, 6.45) is 2.16. The summed E-state index contributed by atoms with van der Waals surface area (Å²) in [5.41, 5.74) is 8.09. The van der Waals surface area contributed by atoms with Crippen molar-refractivity contribution in [2.75, 3.05) is 39.5 Å². The van der Waals surface area contributed by atoms with E-state index in [0.717, 1.165) is 0 Å². The fraction of sp³-hybridized carbons (Fsp3) is 0.481. The molecule has 4 rings (SSSR count). The van der Waals surface area contributed by atoms with Crippen LogP contribution in [0.1, 0.15) is 42.4 Å². The number of benzene rings is 1. The molecule has 2 aliphatic heterocycles. The van der Waals surface area contributed by atoms with Gasteiger partial charge in [-0.15, -0.1) is 11.3 Å². The lowest BCUT2D eigenvalue weighted by atomic mass is 9.92. The number of thiazole rings is 1. The molecule has 210 valence electrons. The number of nitrogens with two attached hydrogens (primary N) is 1. The van der Waals surface area contributed by atoms with Crippen molar-refractivity contribution < 1.29 is 28.2 Å². The van der Waals surface area contributed by atoms with Crippen LogP contribution in [0.25, 0.3) is 0 Å². The van der Waals surface area contributed by atoms with E-state index >= 15 is 0 Å². The number of esters is 2. The van der Waals surface area contributed by atoms with Gasteiger partial charge in [-0.05, 0) is 43.5 Å². The second-order valence-electron chi connectivity index (χ2n) is 9.30. The second-order valence-corrected chi connectivity index (χ2v) is 10.2. The summed E-state index contributed by atoms with van der Waals surface area (Å²) in [6.45, 7) is 7.32. The Bertz CT molecular complexity index is 1240.